The summed E-state index contributed by atoms with van der Waals surface area (Å²) in [5.41, 5.74) is 1.32. The van der Waals surface area contributed by atoms with Crippen LogP contribution in [-0.2, 0) is 4.79 Å². The lowest BCUT2D eigenvalue weighted by atomic mass is 9.96. The molecule has 7 nitrogen and oxygen atoms in total. The predicted octanol–water partition coefficient (Wildman–Crippen LogP) is 3.52. The number of ether oxygens (including phenoxy) is 1. The van der Waals surface area contributed by atoms with E-state index in [9.17, 15) is 14.7 Å². The maximum Gasteiger partial charge on any atom is 0.321 e. The summed E-state index contributed by atoms with van der Waals surface area (Å²) in [6.45, 7) is 2.80. The van der Waals surface area contributed by atoms with Crippen molar-refractivity contribution in [2.45, 2.75) is 25.8 Å². The number of likely N-dealkylation sites (tertiary alicyclic amines) is 1. The van der Waals surface area contributed by atoms with E-state index in [-0.39, 0.29) is 29.6 Å². The number of phenolic OH excluding ortho intramolecular Hbond substituents is 1. The van der Waals surface area contributed by atoms with Crippen molar-refractivity contribution in [2.75, 3.05) is 25.5 Å². The standard InChI is InChI=1S/C22H27N3O4/c1-15(19-13-18(29-2)10-11-20(19)26)23-21(27)16-7-6-12-25(14-16)22(28)24-17-8-4-3-5-9-17/h3-5,8-11,13,15-16,26H,6-7,12,14H2,1-2H3,(H,23,27)(H,24,28)/t15-,16-/m0/s1. The van der Waals surface area contributed by atoms with Gasteiger partial charge in [0.1, 0.15) is 11.5 Å². The largest absolute Gasteiger partial charge is 0.508 e. The lowest BCUT2D eigenvalue weighted by Gasteiger charge is -2.32. The normalized spacial score (nSPS) is 17.3. The number of carbonyl (C=O) groups excluding carboxylic acids is 2. The topological polar surface area (TPSA) is 90.9 Å². The molecule has 1 aliphatic rings. The molecule has 3 N–H and O–H groups in total. The van der Waals surface area contributed by atoms with Gasteiger partial charge in [-0.3, -0.25) is 4.79 Å². The van der Waals surface area contributed by atoms with Crippen LogP contribution in [-0.4, -0.2) is 42.1 Å². The van der Waals surface area contributed by atoms with Crippen molar-refractivity contribution < 1.29 is 19.4 Å². The summed E-state index contributed by atoms with van der Waals surface area (Å²) in [5.74, 6) is 0.295. The number of nitrogens with one attached hydrogen (secondary N) is 2. The smallest absolute Gasteiger partial charge is 0.321 e. The molecule has 0 radical (unpaired) electrons. The number of aromatic hydroxyl groups is 1. The van der Waals surface area contributed by atoms with Crippen molar-refractivity contribution in [1.29, 1.82) is 0 Å². The first-order chi connectivity index (χ1) is 14.0. The summed E-state index contributed by atoms with van der Waals surface area (Å²) in [6.07, 6.45) is 1.48. The molecule has 1 fully saturated rings. The molecule has 1 aliphatic heterocycles. The van der Waals surface area contributed by atoms with Gasteiger partial charge >= 0.3 is 6.03 Å². The zero-order valence-corrected chi connectivity index (χ0v) is 16.7. The Kier molecular flexibility index (Phi) is 6.59. The Balaban J connectivity index is 1.60. The Morgan fingerprint density at radius 3 is 2.69 bits per heavy atom. The highest BCUT2D eigenvalue weighted by Crippen LogP contribution is 2.29. The van der Waals surface area contributed by atoms with Gasteiger partial charge in [-0.15, -0.1) is 0 Å². The molecule has 29 heavy (non-hydrogen) atoms. The minimum atomic E-state index is -0.383. The molecule has 154 valence electrons. The number of nitrogens with zero attached hydrogens (tertiary/aromatic N) is 1. The lowest BCUT2D eigenvalue weighted by molar-refractivity contribution is -0.126. The van der Waals surface area contributed by atoms with Crippen molar-refractivity contribution in [2.24, 2.45) is 5.92 Å². The molecule has 3 amide bonds. The molecule has 0 aromatic heterocycles. The van der Waals surface area contributed by atoms with Crippen LogP contribution in [0.25, 0.3) is 0 Å². The van der Waals surface area contributed by atoms with Crippen LogP contribution in [0.5, 0.6) is 11.5 Å². The molecule has 3 rings (SSSR count). The maximum absolute atomic E-state index is 12.8. The monoisotopic (exact) mass is 397 g/mol. The Morgan fingerprint density at radius 1 is 1.21 bits per heavy atom. The molecule has 0 spiro atoms. The van der Waals surface area contributed by atoms with Gasteiger partial charge in [-0.25, -0.2) is 4.79 Å². The van der Waals surface area contributed by atoms with E-state index < -0.39 is 0 Å². The predicted molar refractivity (Wildman–Crippen MR) is 111 cm³/mol. The zero-order valence-electron chi connectivity index (χ0n) is 16.7. The van der Waals surface area contributed by atoms with Crippen LogP contribution >= 0.6 is 0 Å². The fraction of sp³-hybridized carbons (Fsp3) is 0.364. The summed E-state index contributed by atoms with van der Waals surface area (Å²) < 4.78 is 5.20. The minimum Gasteiger partial charge on any atom is -0.508 e. The first-order valence-corrected chi connectivity index (χ1v) is 9.76. The second kappa shape index (κ2) is 9.32. The number of para-hydroxylation sites is 1. The molecule has 0 saturated carbocycles. The summed E-state index contributed by atoms with van der Waals surface area (Å²) >= 11 is 0. The van der Waals surface area contributed by atoms with E-state index in [0.717, 1.165) is 18.5 Å². The number of benzene rings is 2. The highest BCUT2D eigenvalue weighted by molar-refractivity contribution is 5.90. The van der Waals surface area contributed by atoms with Crippen molar-refractivity contribution in [3.8, 4) is 11.5 Å². The van der Waals surface area contributed by atoms with E-state index in [1.54, 1.807) is 30.2 Å². The fourth-order valence-corrected chi connectivity index (χ4v) is 3.52. The number of hydrogen-bond donors (Lipinski definition) is 3. The number of hydrogen-bond acceptors (Lipinski definition) is 4. The second-order valence-corrected chi connectivity index (χ2v) is 7.24. The molecule has 7 heteroatoms. The molecule has 2 aromatic rings. The van der Waals surface area contributed by atoms with Crippen LogP contribution in [0.1, 0.15) is 31.4 Å². The molecular weight excluding hydrogens is 370 g/mol. The van der Waals surface area contributed by atoms with Gasteiger partial charge in [0.25, 0.3) is 0 Å². The number of methoxy groups -OCH3 is 1. The van der Waals surface area contributed by atoms with Crippen LogP contribution in [0.15, 0.2) is 48.5 Å². The van der Waals surface area contributed by atoms with Gasteiger partial charge in [0, 0.05) is 24.3 Å². The fourth-order valence-electron chi connectivity index (χ4n) is 3.52. The van der Waals surface area contributed by atoms with E-state index in [1.807, 2.05) is 37.3 Å². The SMILES string of the molecule is COc1ccc(O)c([C@H](C)NC(=O)[C@H]2CCCN(C(=O)Nc3ccccc3)C2)c1. The Hall–Kier alpha value is -3.22. The number of anilines is 1. The summed E-state index contributed by atoms with van der Waals surface area (Å²) in [4.78, 5) is 27.0. The van der Waals surface area contributed by atoms with Crippen LogP contribution < -0.4 is 15.4 Å². The summed E-state index contributed by atoms with van der Waals surface area (Å²) in [5, 5.41) is 15.9. The second-order valence-electron chi connectivity index (χ2n) is 7.24. The van der Waals surface area contributed by atoms with Gasteiger partial charge in [-0.05, 0) is 50.1 Å². The molecule has 0 unspecified atom stereocenters. The van der Waals surface area contributed by atoms with E-state index in [0.29, 0.717) is 24.4 Å². The number of amides is 3. The number of phenols is 1. The first kappa shape index (κ1) is 20.5. The number of piperidine rings is 1. The number of rotatable bonds is 5. The van der Waals surface area contributed by atoms with Gasteiger partial charge in [0.2, 0.25) is 5.91 Å². The van der Waals surface area contributed by atoms with Gasteiger partial charge in [0.15, 0.2) is 0 Å². The average Bonchev–Trinajstić information content (AvgIpc) is 2.74. The Labute approximate surface area is 170 Å². The van der Waals surface area contributed by atoms with Crippen LogP contribution in [0.2, 0.25) is 0 Å². The van der Waals surface area contributed by atoms with E-state index in [2.05, 4.69) is 10.6 Å². The number of urea groups is 1. The quantitative estimate of drug-likeness (QED) is 0.720. The Morgan fingerprint density at radius 2 is 1.97 bits per heavy atom. The molecule has 1 saturated heterocycles. The third-order valence-electron chi connectivity index (χ3n) is 5.16. The van der Waals surface area contributed by atoms with Gasteiger partial charge in [-0.2, -0.15) is 0 Å². The van der Waals surface area contributed by atoms with Gasteiger partial charge < -0.3 is 25.4 Å². The third kappa shape index (κ3) is 5.19. The highest BCUT2D eigenvalue weighted by Gasteiger charge is 2.29. The molecule has 0 bridgehead atoms. The van der Waals surface area contributed by atoms with Crippen LogP contribution in [0, 0.1) is 5.92 Å². The maximum atomic E-state index is 12.8. The van der Waals surface area contributed by atoms with Crippen molar-refractivity contribution in [3.05, 3.63) is 54.1 Å². The molecular formula is C22H27N3O4. The third-order valence-corrected chi connectivity index (χ3v) is 5.16. The molecule has 0 aliphatic carbocycles. The van der Waals surface area contributed by atoms with Crippen molar-refractivity contribution in [3.63, 3.8) is 0 Å². The van der Waals surface area contributed by atoms with E-state index >= 15 is 0 Å². The molecule has 1 heterocycles. The van der Waals surface area contributed by atoms with Crippen molar-refractivity contribution >= 4 is 17.6 Å². The van der Waals surface area contributed by atoms with E-state index in [1.165, 1.54) is 0 Å². The lowest BCUT2D eigenvalue weighted by Crippen LogP contribution is -2.47. The first-order valence-electron chi connectivity index (χ1n) is 9.76. The Bertz CT molecular complexity index is 856. The zero-order chi connectivity index (χ0) is 20.8. The molecule has 2 atom stereocenters. The van der Waals surface area contributed by atoms with E-state index in [4.69, 9.17) is 4.74 Å². The number of carbonyl (C=O) groups is 2. The van der Waals surface area contributed by atoms with Gasteiger partial charge in [-0.1, -0.05) is 18.2 Å². The minimum absolute atomic E-state index is 0.103. The summed E-state index contributed by atoms with van der Waals surface area (Å²) in [7, 11) is 1.55. The highest BCUT2D eigenvalue weighted by atomic mass is 16.5. The van der Waals surface area contributed by atoms with Crippen LogP contribution in [0.4, 0.5) is 10.5 Å². The summed E-state index contributed by atoms with van der Waals surface area (Å²) in [6, 6.07) is 13.6. The van der Waals surface area contributed by atoms with Crippen LogP contribution in [0.3, 0.4) is 0 Å². The average molecular weight is 397 g/mol. The molecule has 2 aromatic carbocycles. The van der Waals surface area contributed by atoms with Gasteiger partial charge in [0.05, 0.1) is 19.1 Å². The van der Waals surface area contributed by atoms with Crippen molar-refractivity contribution in [1.82, 2.24) is 10.2 Å².